The summed E-state index contributed by atoms with van der Waals surface area (Å²) in [6.07, 6.45) is 0. The van der Waals surface area contributed by atoms with Crippen LogP contribution in [0, 0.1) is 13.8 Å². The smallest absolute Gasteiger partial charge is 0.121 e. The summed E-state index contributed by atoms with van der Waals surface area (Å²) in [5.41, 5.74) is 20.3. The molecule has 0 saturated heterocycles. The molecule has 1 aromatic heterocycles. The molecule has 0 radical (unpaired) electrons. The topological polar surface area (TPSA) is 50.9 Å². The second-order valence-corrected chi connectivity index (χ2v) is 11.9. The lowest BCUT2D eigenvalue weighted by Gasteiger charge is -2.26. The van der Waals surface area contributed by atoms with Gasteiger partial charge in [-0.15, -0.1) is 0 Å². The van der Waals surface area contributed by atoms with E-state index >= 15 is 0 Å². The molecule has 0 aliphatic heterocycles. The predicted molar refractivity (Wildman–Crippen MR) is 176 cm³/mol. The van der Waals surface area contributed by atoms with Crippen molar-refractivity contribution in [1.82, 2.24) is 10.3 Å². The largest absolute Gasteiger partial charge is 0.306 e. The first-order valence-electron chi connectivity index (χ1n) is 14.6. The molecular weight excluding hydrogens is 510 g/mol. The van der Waals surface area contributed by atoms with Crippen LogP contribution < -0.4 is 11.1 Å². The number of hydrogen-bond donors (Lipinski definition) is 2. The third kappa shape index (κ3) is 2.89. The van der Waals surface area contributed by atoms with E-state index in [0.29, 0.717) is 0 Å². The van der Waals surface area contributed by atoms with Gasteiger partial charge in [0.1, 0.15) is 5.66 Å². The first-order valence-corrected chi connectivity index (χ1v) is 14.6. The Kier molecular flexibility index (Phi) is 4.62. The molecule has 3 heteroatoms. The molecule has 0 saturated carbocycles. The van der Waals surface area contributed by atoms with Crippen molar-refractivity contribution < 1.29 is 0 Å². The summed E-state index contributed by atoms with van der Waals surface area (Å²) in [7, 11) is 1.92. The van der Waals surface area contributed by atoms with E-state index in [9.17, 15) is 0 Å². The average molecular weight is 540 g/mol. The van der Waals surface area contributed by atoms with Crippen molar-refractivity contribution in [3.8, 4) is 44.8 Å². The molecule has 6 aromatic carbocycles. The number of nitrogens with zero attached hydrogens (tertiary/aromatic N) is 1. The highest BCUT2D eigenvalue weighted by atomic mass is 15.1. The van der Waals surface area contributed by atoms with Gasteiger partial charge >= 0.3 is 0 Å². The molecule has 7 aromatic rings. The molecule has 2 aliphatic rings. The monoisotopic (exact) mass is 539 g/mol. The summed E-state index contributed by atoms with van der Waals surface area (Å²) in [6.45, 7) is 4.40. The first kappa shape index (κ1) is 23.8. The molecule has 1 heterocycles. The van der Waals surface area contributed by atoms with Crippen LogP contribution in [0.15, 0.2) is 103 Å². The Bertz CT molecular complexity index is 2330. The van der Waals surface area contributed by atoms with Crippen molar-refractivity contribution in [2.75, 3.05) is 7.05 Å². The van der Waals surface area contributed by atoms with Crippen LogP contribution >= 0.6 is 0 Å². The maximum atomic E-state index is 6.95. The van der Waals surface area contributed by atoms with Crippen molar-refractivity contribution in [2.24, 2.45) is 5.73 Å². The highest BCUT2D eigenvalue weighted by Crippen LogP contribution is 2.52. The van der Waals surface area contributed by atoms with Gasteiger partial charge in [-0.05, 0) is 99.2 Å². The minimum atomic E-state index is -0.759. The molecule has 0 amide bonds. The van der Waals surface area contributed by atoms with Crippen LogP contribution in [0.4, 0.5) is 0 Å². The van der Waals surface area contributed by atoms with Crippen LogP contribution in [0.1, 0.15) is 22.3 Å². The van der Waals surface area contributed by atoms with Gasteiger partial charge in [0, 0.05) is 22.3 Å². The molecule has 3 nitrogen and oxygen atoms in total. The van der Waals surface area contributed by atoms with Gasteiger partial charge in [0.25, 0.3) is 0 Å². The minimum Gasteiger partial charge on any atom is -0.306 e. The molecule has 9 rings (SSSR count). The van der Waals surface area contributed by atoms with Crippen molar-refractivity contribution in [2.45, 2.75) is 19.5 Å². The number of aromatic nitrogens is 1. The summed E-state index contributed by atoms with van der Waals surface area (Å²) < 4.78 is 0. The summed E-state index contributed by atoms with van der Waals surface area (Å²) >= 11 is 0. The van der Waals surface area contributed by atoms with Gasteiger partial charge in [0.15, 0.2) is 0 Å². The first-order chi connectivity index (χ1) is 20.5. The predicted octanol–water partition coefficient (Wildman–Crippen LogP) is 8.83. The number of hydrogen-bond acceptors (Lipinski definition) is 3. The van der Waals surface area contributed by atoms with Gasteiger partial charge in [-0.25, -0.2) is 4.98 Å². The van der Waals surface area contributed by atoms with E-state index in [1.807, 2.05) is 13.1 Å². The quantitative estimate of drug-likeness (QED) is 0.170. The Hall–Kier alpha value is -4.83. The third-order valence-electron chi connectivity index (χ3n) is 9.68. The Morgan fingerprint density at radius 3 is 2.14 bits per heavy atom. The van der Waals surface area contributed by atoms with Crippen molar-refractivity contribution in [3.63, 3.8) is 0 Å². The standard InChI is InChI=1S/C39H29N3/c1-21-12-14-24-28(18-21)31(35-17-16-34-38(42-35)27-10-6-7-11-33(27)39(34,40)41-3)19-30-26-15-13-22(2)36-25-9-5-4-8-23(25)32(37(26)36)20-29(24)30/h4-20,41H,40H2,1-3H3. The second-order valence-electron chi connectivity index (χ2n) is 11.9. The second kappa shape index (κ2) is 8.13. The van der Waals surface area contributed by atoms with Crippen LogP contribution in [0.3, 0.4) is 0 Å². The fourth-order valence-corrected chi connectivity index (χ4v) is 7.65. The number of rotatable bonds is 2. The van der Waals surface area contributed by atoms with Crippen molar-refractivity contribution in [3.05, 3.63) is 125 Å². The Balaban J connectivity index is 1.39. The van der Waals surface area contributed by atoms with Crippen LogP contribution in [-0.2, 0) is 5.66 Å². The summed E-state index contributed by atoms with van der Waals surface area (Å²) in [5.74, 6) is 0. The van der Waals surface area contributed by atoms with Gasteiger partial charge in [0.2, 0.25) is 0 Å². The summed E-state index contributed by atoms with van der Waals surface area (Å²) in [4.78, 5) is 5.35. The lowest BCUT2D eigenvalue weighted by atomic mass is 9.88. The van der Waals surface area contributed by atoms with E-state index in [1.54, 1.807) is 0 Å². The van der Waals surface area contributed by atoms with Crippen molar-refractivity contribution in [1.29, 1.82) is 0 Å². The number of fused-ring (bicyclic) bond motifs is 10. The van der Waals surface area contributed by atoms with E-state index in [2.05, 4.69) is 116 Å². The molecular formula is C39H29N3. The zero-order valence-electron chi connectivity index (χ0n) is 23.8. The van der Waals surface area contributed by atoms with Crippen LogP contribution in [0.2, 0.25) is 0 Å². The lowest BCUT2D eigenvalue weighted by molar-refractivity contribution is 0.469. The van der Waals surface area contributed by atoms with Crippen LogP contribution in [0.5, 0.6) is 0 Å². The normalized spacial score (nSPS) is 16.3. The molecule has 2 aliphatic carbocycles. The van der Waals surface area contributed by atoms with Gasteiger partial charge in [-0.2, -0.15) is 0 Å². The highest BCUT2D eigenvalue weighted by Gasteiger charge is 2.40. The lowest BCUT2D eigenvalue weighted by Crippen LogP contribution is -2.48. The molecule has 3 N–H and O–H groups in total. The molecule has 0 fully saturated rings. The van der Waals surface area contributed by atoms with E-state index in [-0.39, 0.29) is 0 Å². The number of aryl methyl sites for hydroxylation is 2. The fraction of sp³-hybridized carbons (Fsp3) is 0.103. The highest BCUT2D eigenvalue weighted by molar-refractivity contribution is 6.29. The number of pyridine rings is 1. The molecule has 0 bridgehead atoms. The van der Waals surface area contributed by atoms with Crippen molar-refractivity contribution >= 4 is 32.3 Å². The van der Waals surface area contributed by atoms with E-state index in [4.69, 9.17) is 10.7 Å². The Morgan fingerprint density at radius 2 is 1.31 bits per heavy atom. The van der Waals surface area contributed by atoms with Gasteiger partial charge in [0.05, 0.1) is 11.4 Å². The molecule has 42 heavy (non-hydrogen) atoms. The maximum absolute atomic E-state index is 6.95. The third-order valence-corrected chi connectivity index (χ3v) is 9.68. The number of nitrogens with two attached hydrogens (primary N) is 1. The van der Waals surface area contributed by atoms with Gasteiger partial charge in [-0.3, -0.25) is 5.32 Å². The maximum Gasteiger partial charge on any atom is 0.121 e. The Labute approximate surface area is 244 Å². The van der Waals surface area contributed by atoms with Gasteiger partial charge in [-0.1, -0.05) is 90.5 Å². The molecule has 1 atom stereocenters. The zero-order chi connectivity index (χ0) is 28.3. The zero-order valence-corrected chi connectivity index (χ0v) is 23.8. The molecule has 0 spiro atoms. The van der Waals surface area contributed by atoms with Gasteiger partial charge < -0.3 is 5.73 Å². The average Bonchev–Trinajstić information content (AvgIpc) is 3.49. The van der Waals surface area contributed by atoms with E-state index in [1.165, 1.54) is 65.7 Å². The fourth-order valence-electron chi connectivity index (χ4n) is 7.65. The summed E-state index contributed by atoms with van der Waals surface area (Å²) in [6, 6.07) is 37.7. The van der Waals surface area contributed by atoms with E-state index in [0.717, 1.165) is 33.6 Å². The van der Waals surface area contributed by atoms with Crippen LogP contribution in [-0.4, -0.2) is 12.0 Å². The SMILES string of the molecule is CNC1(N)c2ccccc2-c2nc(-c3cc4c5ccc(C)c6c5c(cc4c4ccc(C)cc34)-c3ccccc3-6)ccc21. The molecule has 200 valence electrons. The number of benzene rings is 6. The van der Waals surface area contributed by atoms with E-state index < -0.39 is 5.66 Å². The number of nitrogens with one attached hydrogen (secondary N) is 1. The minimum absolute atomic E-state index is 0.759. The molecule has 1 unspecified atom stereocenters. The Morgan fingerprint density at radius 1 is 0.595 bits per heavy atom. The summed E-state index contributed by atoms with van der Waals surface area (Å²) in [5, 5.41) is 11.0. The van der Waals surface area contributed by atoms with Crippen LogP contribution in [0.25, 0.3) is 77.1 Å².